The third-order valence-electron chi connectivity index (χ3n) is 3.92. The van der Waals surface area contributed by atoms with Gasteiger partial charge in [0.2, 0.25) is 0 Å². The zero-order valence-electron chi connectivity index (χ0n) is 15.1. The summed E-state index contributed by atoms with van der Waals surface area (Å²) in [5.74, 6) is 0.195. The van der Waals surface area contributed by atoms with Crippen LogP contribution >= 0.6 is 0 Å². The Morgan fingerprint density at radius 2 is 1.77 bits per heavy atom. The molecule has 0 radical (unpaired) electrons. The Labute approximate surface area is 153 Å². The molecule has 6 heteroatoms. The van der Waals surface area contributed by atoms with Crippen LogP contribution in [-0.2, 0) is 6.54 Å². The molecule has 2 rings (SSSR count). The maximum absolute atomic E-state index is 13.9. The highest BCUT2D eigenvalue weighted by Gasteiger charge is 2.15. The summed E-state index contributed by atoms with van der Waals surface area (Å²) in [6, 6.07) is 10.7. The van der Waals surface area contributed by atoms with Crippen LogP contribution in [0.4, 0.5) is 8.78 Å². The molecule has 0 aliphatic rings. The fourth-order valence-corrected chi connectivity index (χ4v) is 2.66. The van der Waals surface area contributed by atoms with Crippen LogP contribution in [0.3, 0.4) is 0 Å². The molecular weight excluding hydrogens is 340 g/mol. The average molecular weight is 365 g/mol. The van der Waals surface area contributed by atoms with E-state index >= 15 is 0 Å². The summed E-state index contributed by atoms with van der Waals surface area (Å²) in [5.41, 5.74) is 0.406. The third kappa shape index (κ3) is 6.28. The van der Waals surface area contributed by atoms with E-state index in [0.29, 0.717) is 30.9 Å². The number of aliphatic hydroxyl groups is 1. The van der Waals surface area contributed by atoms with Crippen molar-refractivity contribution in [3.8, 4) is 11.5 Å². The fourth-order valence-electron chi connectivity index (χ4n) is 2.66. The highest BCUT2D eigenvalue weighted by Crippen LogP contribution is 2.17. The molecule has 0 amide bonds. The second-order valence-electron chi connectivity index (χ2n) is 6.11. The van der Waals surface area contributed by atoms with Crippen molar-refractivity contribution in [3.63, 3.8) is 0 Å². The molecule has 4 nitrogen and oxygen atoms in total. The quantitative estimate of drug-likeness (QED) is 0.698. The average Bonchev–Trinajstić information content (AvgIpc) is 2.63. The summed E-state index contributed by atoms with van der Waals surface area (Å²) in [6.07, 6.45) is 0.127. The highest BCUT2D eigenvalue weighted by atomic mass is 19.1. The Bertz CT molecular complexity index is 679. The summed E-state index contributed by atoms with van der Waals surface area (Å²) >= 11 is 0. The topological polar surface area (TPSA) is 41.9 Å². The van der Waals surface area contributed by atoms with Crippen molar-refractivity contribution in [2.45, 2.75) is 26.0 Å². The Morgan fingerprint density at radius 1 is 1.08 bits per heavy atom. The van der Waals surface area contributed by atoms with Gasteiger partial charge in [-0.15, -0.1) is 0 Å². The predicted molar refractivity (Wildman–Crippen MR) is 96.4 cm³/mol. The molecule has 0 fully saturated rings. The zero-order chi connectivity index (χ0) is 18.9. The number of halogens is 2. The van der Waals surface area contributed by atoms with Crippen molar-refractivity contribution in [1.29, 1.82) is 0 Å². The lowest BCUT2D eigenvalue weighted by Crippen LogP contribution is -2.36. The molecular formula is C20H25F2NO3. The molecule has 0 bridgehead atoms. The Hall–Kier alpha value is -2.18. The number of methoxy groups -OCH3 is 1. The van der Waals surface area contributed by atoms with Crippen molar-refractivity contribution in [2.75, 3.05) is 26.8 Å². The Kier molecular flexibility index (Phi) is 7.81. The number of benzene rings is 2. The van der Waals surface area contributed by atoms with Crippen LogP contribution < -0.4 is 9.47 Å². The van der Waals surface area contributed by atoms with E-state index in [1.807, 2.05) is 11.8 Å². The van der Waals surface area contributed by atoms with Gasteiger partial charge < -0.3 is 14.6 Å². The van der Waals surface area contributed by atoms with Crippen LogP contribution in [-0.4, -0.2) is 42.9 Å². The van der Waals surface area contributed by atoms with Gasteiger partial charge in [0.05, 0.1) is 7.11 Å². The molecule has 2 aromatic rings. The summed E-state index contributed by atoms with van der Waals surface area (Å²) in [5, 5.41) is 10.3. The Morgan fingerprint density at radius 3 is 2.38 bits per heavy atom. The van der Waals surface area contributed by atoms with Crippen molar-refractivity contribution in [3.05, 3.63) is 59.7 Å². The van der Waals surface area contributed by atoms with Gasteiger partial charge in [-0.2, -0.15) is 0 Å². The minimum absolute atomic E-state index is 0.123. The first-order chi connectivity index (χ1) is 12.5. The smallest absolute Gasteiger partial charge is 0.130 e. The Balaban J connectivity index is 1.88. The van der Waals surface area contributed by atoms with Crippen LogP contribution in [0.1, 0.15) is 18.9 Å². The van der Waals surface area contributed by atoms with Gasteiger partial charge in [-0.3, -0.25) is 4.90 Å². The van der Waals surface area contributed by atoms with E-state index in [-0.39, 0.29) is 6.61 Å². The number of nitrogens with zero attached hydrogens (tertiary/aromatic N) is 1. The van der Waals surface area contributed by atoms with Crippen LogP contribution in [0.25, 0.3) is 0 Å². The number of aliphatic hydroxyl groups excluding tert-OH is 1. The molecule has 1 N–H and O–H groups in total. The largest absolute Gasteiger partial charge is 0.497 e. The maximum atomic E-state index is 13.9. The molecule has 0 saturated heterocycles. The second kappa shape index (κ2) is 10.1. The number of hydrogen-bond acceptors (Lipinski definition) is 4. The van der Waals surface area contributed by atoms with Gasteiger partial charge in [-0.25, -0.2) is 8.78 Å². The molecule has 0 heterocycles. The van der Waals surface area contributed by atoms with Gasteiger partial charge in [-0.1, -0.05) is 13.0 Å². The molecule has 0 unspecified atom stereocenters. The normalized spacial score (nSPS) is 12.2. The summed E-state index contributed by atoms with van der Waals surface area (Å²) < 4.78 is 37.6. The molecule has 2 aromatic carbocycles. The monoisotopic (exact) mass is 365 g/mol. The lowest BCUT2D eigenvalue weighted by atomic mass is 10.1. The minimum Gasteiger partial charge on any atom is -0.497 e. The molecule has 0 spiro atoms. The molecule has 142 valence electrons. The highest BCUT2D eigenvalue weighted by molar-refractivity contribution is 5.31. The van der Waals surface area contributed by atoms with E-state index in [4.69, 9.17) is 9.47 Å². The second-order valence-corrected chi connectivity index (χ2v) is 6.11. The SMILES string of the molecule is CCCN(Cc1ccc(F)cc1F)C[C@@H](O)COc1ccc(OC)cc1. The fraction of sp³-hybridized carbons (Fsp3) is 0.400. The minimum atomic E-state index is -0.729. The third-order valence-corrected chi connectivity index (χ3v) is 3.92. The number of ether oxygens (including phenoxy) is 2. The van der Waals surface area contributed by atoms with E-state index < -0.39 is 17.7 Å². The van der Waals surface area contributed by atoms with Gasteiger partial charge in [0.1, 0.15) is 35.8 Å². The van der Waals surface area contributed by atoms with E-state index in [1.54, 1.807) is 31.4 Å². The van der Waals surface area contributed by atoms with Crippen LogP contribution in [0.5, 0.6) is 11.5 Å². The molecule has 0 aliphatic carbocycles. The van der Waals surface area contributed by atoms with Crippen LogP contribution in [0, 0.1) is 11.6 Å². The zero-order valence-corrected chi connectivity index (χ0v) is 15.1. The molecule has 0 aliphatic heterocycles. The first kappa shape index (κ1) is 20.1. The molecule has 0 saturated carbocycles. The van der Waals surface area contributed by atoms with E-state index in [9.17, 15) is 13.9 Å². The van der Waals surface area contributed by atoms with Crippen molar-refractivity contribution in [1.82, 2.24) is 4.90 Å². The van der Waals surface area contributed by atoms with Gasteiger partial charge >= 0.3 is 0 Å². The molecule has 0 aromatic heterocycles. The van der Waals surface area contributed by atoms with E-state index in [2.05, 4.69) is 0 Å². The number of rotatable bonds is 10. The molecule has 26 heavy (non-hydrogen) atoms. The van der Waals surface area contributed by atoms with E-state index in [1.165, 1.54) is 12.1 Å². The predicted octanol–water partition coefficient (Wildman–Crippen LogP) is 3.63. The van der Waals surface area contributed by atoms with Gasteiger partial charge in [-0.05, 0) is 43.3 Å². The summed E-state index contributed by atoms with van der Waals surface area (Å²) in [6.45, 7) is 3.46. The maximum Gasteiger partial charge on any atom is 0.130 e. The standard InChI is InChI=1S/C20H25F2NO3/c1-3-10-23(12-15-4-5-16(21)11-20(15)22)13-17(24)14-26-19-8-6-18(25-2)7-9-19/h4-9,11,17,24H,3,10,12-14H2,1-2H3/t17-/m1/s1. The lowest BCUT2D eigenvalue weighted by Gasteiger charge is -2.25. The van der Waals surface area contributed by atoms with E-state index in [0.717, 1.165) is 18.2 Å². The van der Waals surface area contributed by atoms with Crippen LogP contribution in [0.2, 0.25) is 0 Å². The van der Waals surface area contributed by atoms with Crippen molar-refractivity contribution >= 4 is 0 Å². The van der Waals surface area contributed by atoms with Gasteiger partial charge in [0.15, 0.2) is 0 Å². The first-order valence-electron chi connectivity index (χ1n) is 8.63. The lowest BCUT2D eigenvalue weighted by molar-refractivity contribution is 0.0652. The van der Waals surface area contributed by atoms with Gasteiger partial charge in [0, 0.05) is 24.7 Å². The van der Waals surface area contributed by atoms with Gasteiger partial charge in [0.25, 0.3) is 0 Å². The van der Waals surface area contributed by atoms with Crippen molar-refractivity contribution in [2.24, 2.45) is 0 Å². The summed E-state index contributed by atoms with van der Waals surface area (Å²) in [4.78, 5) is 1.93. The van der Waals surface area contributed by atoms with Crippen molar-refractivity contribution < 1.29 is 23.4 Å². The number of hydrogen-bond donors (Lipinski definition) is 1. The summed E-state index contributed by atoms with van der Waals surface area (Å²) in [7, 11) is 1.59. The van der Waals surface area contributed by atoms with Crippen LogP contribution in [0.15, 0.2) is 42.5 Å². The first-order valence-corrected chi connectivity index (χ1v) is 8.63. The molecule has 1 atom stereocenters.